The van der Waals surface area contributed by atoms with E-state index in [0.29, 0.717) is 12.1 Å². The first-order valence-corrected chi connectivity index (χ1v) is 7.00. The third kappa shape index (κ3) is 2.15. The smallest absolute Gasteiger partial charge is 0.302 e. The van der Waals surface area contributed by atoms with Crippen LogP contribution in [-0.4, -0.2) is 17.9 Å². The number of aromatic nitrogens is 2. The van der Waals surface area contributed by atoms with Gasteiger partial charge in [0.05, 0.1) is 15.8 Å². The molecular weight excluding hydrogens is 268 g/mol. The zero-order valence-corrected chi connectivity index (χ0v) is 11.4. The predicted molar refractivity (Wildman–Crippen MR) is 72.9 cm³/mol. The number of hydrogen-bond donors (Lipinski definition) is 1. The van der Waals surface area contributed by atoms with Crippen LogP contribution in [0.15, 0.2) is 32.7 Å². The lowest BCUT2D eigenvalue weighted by Gasteiger charge is -2.11. The molecule has 19 heavy (non-hydrogen) atoms. The van der Waals surface area contributed by atoms with E-state index in [1.54, 1.807) is 6.92 Å². The Morgan fingerprint density at radius 2 is 1.79 bits per heavy atom. The monoisotopic (exact) mass is 282 g/mol. The van der Waals surface area contributed by atoms with Crippen LogP contribution in [0.1, 0.15) is 13.8 Å². The van der Waals surface area contributed by atoms with Gasteiger partial charge in [0.25, 0.3) is 5.56 Å². The van der Waals surface area contributed by atoms with Crippen LogP contribution in [0.4, 0.5) is 0 Å². The predicted octanol–water partition coefficient (Wildman–Crippen LogP) is 0.784. The van der Waals surface area contributed by atoms with Gasteiger partial charge in [-0.3, -0.25) is 13.9 Å². The van der Waals surface area contributed by atoms with Gasteiger partial charge in [-0.15, -0.1) is 0 Å². The quantitative estimate of drug-likeness (QED) is 0.844. The number of benzene rings is 1. The van der Waals surface area contributed by atoms with Gasteiger partial charge in [-0.25, -0.2) is 9.00 Å². The van der Waals surface area contributed by atoms with Gasteiger partial charge in [0, 0.05) is 13.1 Å². The summed E-state index contributed by atoms with van der Waals surface area (Å²) in [6.45, 7) is 4.21. The molecule has 0 bridgehead atoms. The van der Waals surface area contributed by atoms with Crippen LogP contribution in [0.5, 0.6) is 0 Å². The molecule has 0 aliphatic heterocycles. The third-order valence-corrected chi connectivity index (χ3v) is 3.69. The summed E-state index contributed by atoms with van der Waals surface area (Å²) in [5.74, 6) is 0. The molecule has 7 heteroatoms. The first kappa shape index (κ1) is 13.7. The van der Waals surface area contributed by atoms with E-state index in [2.05, 4.69) is 0 Å². The van der Waals surface area contributed by atoms with E-state index in [1.165, 1.54) is 22.8 Å². The van der Waals surface area contributed by atoms with Crippen LogP contribution < -0.4 is 11.2 Å². The summed E-state index contributed by atoms with van der Waals surface area (Å²) < 4.78 is 22.7. The lowest BCUT2D eigenvalue weighted by molar-refractivity contribution is 0.564. The molecule has 2 rings (SSSR count). The summed E-state index contributed by atoms with van der Waals surface area (Å²) in [7, 11) is 0. The lowest BCUT2D eigenvalue weighted by Crippen LogP contribution is -2.39. The van der Waals surface area contributed by atoms with Crippen molar-refractivity contribution in [3.8, 4) is 0 Å². The molecule has 0 saturated heterocycles. The number of aryl methyl sites for hydroxylation is 1. The minimum absolute atomic E-state index is 0.147. The summed E-state index contributed by atoms with van der Waals surface area (Å²) in [6.07, 6.45) is 0. The summed E-state index contributed by atoms with van der Waals surface area (Å²) in [6, 6.07) is 4.34. The zero-order valence-electron chi connectivity index (χ0n) is 10.6. The molecule has 0 aliphatic rings. The number of fused-ring (bicyclic) bond motifs is 1. The molecule has 6 nitrogen and oxygen atoms in total. The van der Waals surface area contributed by atoms with Crippen LogP contribution in [0.3, 0.4) is 0 Å². The molecule has 2 aromatic rings. The maximum atomic E-state index is 12.2. The largest absolute Gasteiger partial charge is 0.331 e. The van der Waals surface area contributed by atoms with Crippen molar-refractivity contribution in [3.63, 3.8) is 0 Å². The molecule has 0 saturated carbocycles. The fraction of sp³-hybridized carbons (Fsp3) is 0.333. The highest BCUT2D eigenvalue weighted by molar-refractivity contribution is 7.79. The second-order valence-electron chi connectivity index (χ2n) is 4.00. The van der Waals surface area contributed by atoms with Crippen LogP contribution >= 0.6 is 0 Å². The summed E-state index contributed by atoms with van der Waals surface area (Å²) in [5, 5.41) is 0.281. The molecule has 1 N–H and O–H groups in total. The Morgan fingerprint density at radius 1 is 1.16 bits per heavy atom. The minimum Gasteiger partial charge on any atom is -0.302 e. The molecule has 0 spiro atoms. The molecule has 0 radical (unpaired) electrons. The van der Waals surface area contributed by atoms with E-state index < -0.39 is 16.6 Å². The van der Waals surface area contributed by atoms with E-state index >= 15 is 0 Å². The van der Waals surface area contributed by atoms with Crippen LogP contribution in [0, 0.1) is 0 Å². The van der Waals surface area contributed by atoms with Gasteiger partial charge in [-0.05, 0) is 32.0 Å². The highest BCUT2D eigenvalue weighted by Gasteiger charge is 2.12. The van der Waals surface area contributed by atoms with Gasteiger partial charge in [0.15, 0.2) is 11.1 Å². The molecule has 102 valence electrons. The van der Waals surface area contributed by atoms with Gasteiger partial charge < -0.3 is 4.55 Å². The normalized spacial score (nSPS) is 12.8. The van der Waals surface area contributed by atoms with Crippen LogP contribution in [0.25, 0.3) is 10.9 Å². The van der Waals surface area contributed by atoms with Crippen molar-refractivity contribution in [3.05, 3.63) is 39.0 Å². The Kier molecular flexibility index (Phi) is 3.68. The van der Waals surface area contributed by atoms with Gasteiger partial charge in [-0.2, -0.15) is 0 Å². The van der Waals surface area contributed by atoms with Crippen LogP contribution in [0.2, 0.25) is 0 Å². The van der Waals surface area contributed by atoms with Gasteiger partial charge >= 0.3 is 5.69 Å². The van der Waals surface area contributed by atoms with Crippen molar-refractivity contribution in [2.24, 2.45) is 0 Å². The van der Waals surface area contributed by atoms with Gasteiger partial charge in [0.2, 0.25) is 0 Å². The topological polar surface area (TPSA) is 81.3 Å². The number of hydrogen-bond acceptors (Lipinski definition) is 3. The highest BCUT2D eigenvalue weighted by atomic mass is 32.2. The molecule has 1 heterocycles. The maximum Gasteiger partial charge on any atom is 0.331 e. The molecule has 0 fully saturated rings. The molecule has 1 aromatic heterocycles. The Bertz CT molecular complexity index is 776. The Labute approximate surface area is 111 Å². The van der Waals surface area contributed by atoms with Crippen molar-refractivity contribution in [2.75, 3.05) is 0 Å². The fourth-order valence-electron chi connectivity index (χ4n) is 2.10. The van der Waals surface area contributed by atoms with Crippen LogP contribution in [-0.2, 0) is 24.2 Å². The van der Waals surface area contributed by atoms with Crippen molar-refractivity contribution in [1.29, 1.82) is 0 Å². The van der Waals surface area contributed by atoms with Gasteiger partial charge in [0.1, 0.15) is 0 Å². The molecular formula is C12H14N2O4S. The maximum absolute atomic E-state index is 12.2. The zero-order chi connectivity index (χ0) is 14.2. The van der Waals surface area contributed by atoms with Crippen molar-refractivity contribution < 1.29 is 8.76 Å². The molecule has 0 amide bonds. The molecule has 1 unspecified atom stereocenters. The average Bonchev–Trinajstić information content (AvgIpc) is 2.39. The minimum atomic E-state index is -2.15. The summed E-state index contributed by atoms with van der Waals surface area (Å²) in [4.78, 5) is 24.4. The molecule has 1 atom stereocenters. The van der Waals surface area contributed by atoms with Gasteiger partial charge in [-0.1, -0.05) is 0 Å². The third-order valence-electron chi connectivity index (χ3n) is 3.03. The number of nitrogens with zero attached hydrogens (tertiary/aromatic N) is 2. The highest BCUT2D eigenvalue weighted by Crippen LogP contribution is 2.13. The summed E-state index contributed by atoms with van der Waals surface area (Å²) in [5.41, 5.74) is -0.309. The Balaban J connectivity index is 3.00. The Hall–Kier alpha value is -1.73. The van der Waals surface area contributed by atoms with E-state index in [-0.39, 0.29) is 22.5 Å². The molecule has 0 aliphatic carbocycles. The van der Waals surface area contributed by atoms with E-state index in [1.807, 2.05) is 6.92 Å². The second-order valence-corrected chi connectivity index (χ2v) is 4.97. The average molecular weight is 282 g/mol. The first-order chi connectivity index (χ1) is 9.01. The second kappa shape index (κ2) is 5.10. The van der Waals surface area contributed by atoms with Crippen molar-refractivity contribution >= 4 is 22.0 Å². The van der Waals surface area contributed by atoms with Crippen molar-refractivity contribution in [2.45, 2.75) is 31.8 Å². The van der Waals surface area contributed by atoms with E-state index in [4.69, 9.17) is 4.55 Å². The SMILES string of the molecule is CCn1c(=O)c2cc(S(=O)O)ccc2n(CC)c1=O. The lowest BCUT2D eigenvalue weighted by atomic mass is 10.2. The standard InChI is InChI=1S/C12H14N2O4S/c1-3-13-10-6-5-8(19(17)18)7-9(10)11(15)14(4-2)12(13)16/h5-7H,3-4H2,1-2H3,(H,17,18). The van der Waals surface area contributed by atoms with E-state index in [9.17, 15) is 13.8 Å². The number of rotatable bonds is 3. The van der Waals surface area contributed by atoms with E-state index in [0.717, 1.165) is 4.57 Å². The summed E-state index contributed by atoms with van der Waals surface area (Å²) >= 11 is -2.15. The van der Waals surface area contributed by atoms with Crippen molar-refractivity contribution in [1.82, 2.24) is 9.13 Å². The first-order valence-electron chi connectivity index (χ1n) is 5.89. The fourth-order valence-corrected chi connectivity index (χ4v) is 2.50. The Morgan fingerprint density at radius 3 is 2.32 bits per heavy atom. The molecule has 1 aromatic carbocycles.